The average Bonchev–Trinajstić information content (AvgIpc) is 2.20. The number of rotatable bonds is 6. The monoisotopic (exact) mass is 202 g/mol. The third-order valence-electron chi connectivity index (χ3n) is 2.66. The summed E-state index contributed by atoms with van der Waals surface area (Å²) in [6, 6.07) is 0.885. The lowest BCUT2D eigenvalue weighted by Crippen LogP contribution is -2.46. The largest absolute Gasteiger partial charge is 0.396 e. The zero-order chi connectivity index (χ0) is 10.2. The first-order valence-electron chi connectivity index (χ1n) is 5.43. The van der Waals surface area contributed by atoms with Crippen molar-refractivity contribution in [3.63, 3.8) is 0 Å². The Morgan fingerprint density at radius 2 is 2.21 bits per heavy atom. The van der Waals surface area contributed by atoms with E-state index in [0.29, 0.717) is 18.7 Å². The van der Waals surface area contributed by atoms with Gasteiger partial charge in [-0.3, -0.25) is 0 Å². The van der Waals surface area contributed by atoms with E-state index in [-0.39, 0.29) is 6.61 Å². The zero-order valence-corrected chi connectivity index (χ0v) is 8.96. The Labute approximate surface area is 86.0 Å². The molecule has 1 aliphatic heterocycles. The molecule has 1 heterocycles. The van der Waals surface area contributed by atoms with Crippen molar-refractivity contribution in [3.05, 3.63) is 0 Å². The lowest BCUT2D eigenvalue weighted by atomic mass is 10.0. The number of hydrogen-bond donors (Lipinski definition) is 3. The number of aliphatic hydroxyl groups is 1. The first kappa shape index (κ1) is 11.9. The van der Waals surface area contributed by atoms with Gasteiger partial charge < -0.3 is 20.5 Å². The number of hydrogen-bond acceptors (Lipinski definition) is 4. The van der Waals surface area contributed by atoms with Crippen LogP contribution in [0.4, 0.5) is 0 Å². The van der Waals surface area contributed by atoms with Crippen molar-refractivity contribution in [1.82, 2.24) is 10.6 Å². The molecule has 0 aliphatic carbocycles. The van der Waals surface area contributed by atoms with Crippen LogP contribution in [0.2, 0.25) is 0 Å². The van der Waals surface area contributed by atoms with Gasteiger partial charge in [0.2, 0.25) is 0 Å². The molecule has 84 valence electrons. The van der Waals surface area contributed by atoms with E-state index in [1.165, 1.54) is 12.8 Å². The van der Waals surface area contributed by atoms with E-state index >= 15 is 0 Å². The molecule has 14 heavy (non-hydrogen) atoms. The molecule has 1 unspecified atom stereocenters. The maximum atomic E-state index is 8.88. The molecule has 3 N–H and O–H groups in total. The molecule has 1 rings (SSSR count). The average molecular weight is 202 g/mol. The van der Waals surface area contributed by atoms with E-state index in [1.807, 2.05) is 0 Å². The molecule has 4 nitrogen and oxygen atoms in total. The Morgan fingerprint density at radius 1 is 1.50 bits per heavy atom. The Bertz CT molecular complexity index is 132. The summed E-state index contributed by atoms with van der Waals surface area (Å²) in [6.07, 6.45) is 3.12. The fourth-order valence-electron chi connectivity index (χ4n) is 1.89. The van der Waals surface area contributed by atoms with Crippen LogP contribution in [0.15, 0.2) is 0 Å². The summed E-state index contributed by atoms with van der Waals surface area (Å²) >= 11 is 0. The number of nitrogens with one attached hydrogen (secondary N) is 2. The molecule has 1 atom stereocenters. The molecule has 0 bridgehead atoms. The van der Waals surface area contributed by atoms with Crippen LogP contribution in [-0.4, -0.2) is 50.6 Å². The van der Waals surface area contributed by atoms with Crippen molar-refractivity contribution >= 4 is 0 Å². The second-order valence-electron chi connectivity index (χ2n) is 3.86. The van der Waals surface area contributed by atoms with E-state index in [0.717, 1.165) is 19.5 Å². The third kappa shape index (κ3) is 4.37. The van der Waals surface area contributed by atoms with Gasteiger partial charge in [-0.1, -0.05) is 0 Å². The van der Waals surface area contributed by atoms with Crippen LogP contribution < -0.4 is 10.6 Å². The molecule has 0 amide bonds. The number of aliphatic hydroxyl groups excluding tert-OH is 1. The fourth-order valence-corrected chi connectivity index (χ4v) is 1.89. The quantitative estimate of drug-likeness (QED) is 0.555. The van der Waals surface area contributed by atoms with Gasteiger partial charge in [-0.25, -0.2) is 0 Å². The first-order valence-corrected chi connectivity index (χ1v) is 5.43. The van der Waals surface area contributed by atoms with Crippen molar-refractivity contribution in [2.45, 2.75) is 31.3 Å². The van der Waals surface area contributed by atoms with Gasteiger partial charge in [0.25, 0.3) is 0 Å². The van der Waals surface area contributed by atoms with E-state index in [2.05, 4.69) is 10.6 Å². The third-order valence-corrected chi connectivity index (χ3v) is 2.66. The molecule has 1 fully saturated rings. The predicted molar refractivity (Wildman–Crippen MR) is 56.4 cm³/mol. The normalized spacial score (nSPS) is 21.0. The van der Waals surface area contributed by atoms with Crippen molar-refractivity contribution < 1.29 is 9.84 Å². The Hall–Kier alpha value is -0.160. The summed E-state index contributed by atoms with van der Waals surface area (Å²) in [5.41, 5.74) is 0. The number of piperidine rings is 1. The highest BCUT2D eigenvalue weighted by molar-refractivity contribution is 4.78. The summed E-state index contributed by atoms with van der Waals surface area (Å²) in [4.78, 5) is 0. The van der Waals surface area contributed by atoms with Crippen LogP contribution in [0.5, 0.6) is 0 Å². The standard InChI is InChI=1S/C10H22N2O2/c1-14-8-10(4-7-13)12-9-2-5-11-6-3-9/h9-13H,2-8H2,1H3. The Balaban J connectivity index is 2.21. The summed E-state index contributed by atoms with van der Waals surface area (Å²) in [7, 11) is 1.70. The number of ether oxygens (including phenoxy) is 1. The number of methoxy groups -OCH3 is 1. The van der Waals surface area contributed by atoms with Crippen LogP contribution in [0.25, 0.3) is 0 Å². The van der Waals surface area contributed by atoms with Crippen LogP contribution in [0, 0.1) is 0 Å². The summed E-state index contributed by atoms with van der Waals surface area (Å²) < 4.78 is 5.11. The first-order chi connectivity index (χ1) is 6.86. The van der Waals surface area contributed by atoms with Crippen LogP contribution in [-0.2, 0) is 4.74 Å². The molecule has 0 aromatic rings. The molecular formula is C10H22N2O2. The maximum Gasteiger partial charge on any atom is 0.0616 e. The van der Waals surface area contributed by atoms with Crippen molar-refractivity contribution in [3.8, 4) is 0 Å². The molecule has 1 aliphatic rings. The maximum absolute atomic E-state index is 8.88. The fraction of sp³-hybridized carbons (Fsp3) is 1.00. The van der Waals surface area contributed by atoms with Gasteiger partial charge >= 0.3 is 0 Å². The van der Waals surface area contributed by atoms with Gasteiger partial charge in [0, 0.05) is 25.8 Å². The lowest BCUT2D eigenvalue weighted by molar-refractivity contribution is 0.139. The molecule has 0 aromatic heterocycles. The molecule has 0 radical (unpaired) electrons. The van der Waals surface area contributed by atoms with Gasteiger partial charge in [-0.2, -0.15) is 0 Å². The van der Waals surface area contributed by atoms with Gasteiger partial charge in [0.05, 0.1) is 6.61 Å². The Morgan fingerprint density at radius 3 is 2.79 bits per heavy atom. The van der Waals surface area contributed by atoms with E-state index in [4.69, 9.17) is 9.84 Å². The van der Waals surface area contributed by atoms with Gasteiger partial charge in [0.1, 0.15) is 0 Å². The van der Waals surface area contributed by atoms with E-state index in [9.17, 15) is 0 Å². The molecule has 0 saturated carbocycles. The van der Waals surface area contributed by atoms with Gasteiger partial charge in [0.15, 0.2) is 0 Å². The minimum absolute atomic E-state index is 0.228. The van der Waals surface area contributed by atoms with E-state index < -0.39 is 0 Å². The second-order valence-corrected chi connectivity index (χ2v) is 3.86. The van der Waals surface area contributed by atoms with Crippen LogP contribution in [0.3, 0.4) is 0 Å². The van der Waals surface area contributed by atoms with Crippen molar-refractivity contribution in [2.75, 3.05) is 33.4 Å². The van der Waals surface area contributed by atoms with Crippen LogP contribution >= 0.6 is 0 Å². The van der Waals surface area contributed by atoms with E-state index in [1.54, 1.807) is 7.11 Å². The molecule has 4 heteroatoms. The summed E-state index contributed by atoms with van der Waals surface area (Å²) in [6.45, 7) is 3.10. The topological polar surface area (TPSA) is 53.5 Å². The predicted octanol–water partition coefficient (Wildman–Crippen LogP) is -0.275. The lowest BCUT2D eigenvalue weighted by Gasteiger charge is -2.28. The minimum Gasteiger partial charge on any atom is -0.396 e. The highest BCUT2D eigenvalue weighted by Crippen LogP contribution is 2.05. The Kier molecular flexibility index (Phi) is 6.10. The van der Waals surface area contributed by atoms with Crippen LogP contribution in [0.1, 0.15) is 19.3 Å². The molecule has 1 saturated heterocycles. The molecular weight excluding hydrogens is 180 g/mol. The zero-order valence-electron chi connectivity index (χ0n) is 8.96. The minimum atomic E-state index is 0.228. The summed E-state index contributed by atoms with van der Waals surface area (Å²) in [5.74, 6) is 0. The molecule has 0 spiro atoms. The molecule has 0 aromatic carbocycles. The highest BCUT2D eigenvalue weighted by atomic mass is 16.5. The van der Waals surface area contributed by atoms with Crippen molar-refractivity contribution in [2.24, 2.45) is 0 Å². The second kappa shape index (κ2) is 7.17. The van der Waals surface area contributed by atoms with Gasteiger partial charge in [-0.05, 0) is 32.4 Å². The van der Waals surface area contributed by atoms with Gasteiger partial charge in [-0.15, -0.1) is 0 Å². The smallest absolute Gasteiger partial charge is 0.0616 e. The van der Waals surface area contributed by atoms with Crippen molar-refractivity contribution in [1.29, 1.82) is 0 Å². The highest BCUT2D eigenvalue weighted by Gasteiger charge is 2.16. The summed E-state index contributed by atoms with van der Waals surface area (Å²) in [5, 5.41) is 15.7. The SMILES string of the molecule is COCC(CCO)NC1CCNCC1.